The molecule has 0 saturated heterocycles. The molecular weight excluding hydrogens is 260 g/mol. The van der Waals surface area contributed by atoms with Crippen molar-refractivity contribution in [2.24, 2.45) is 5.73 Å². The van der Waals surface area contributed by atoms with E-state index in [-0.39, 0.29) is 0 Å². The van der Waals surface area contributed by atoms with Crippen molar-refractivity contribution in [3.63, 3.8) is 0 Å². The normalized spacial score (nSPS) is 12.9. The van der Waals surface area contributed by atoms with Gasteiger partial charge in [-0.05, 0) is 37.6 Å². The van der Waals surface area contributed by atoms with Gasteiger partial charge in [-0.3, -0.25) is 0 Å². The number of hydrogen-bond donors (Lipinski definition) is 1. The molecule has 0 amide bonds. The van der Waals surface area contributed by atoms with Gasteiger partial charge in [0.2, 0.25) is 6.79 Å². The lowest BCUT2D eigenvalue weighted by atomic mass is 10.1. The number of rotatable bonds is 4. The molecule has 0 bridgehead atoms. The smallest absolute Gasteiger partial charge is 0.231 e. The molecule has 0 saturated carbocycles. The highest BCUT2D eigenvalue weighted by molar-refractivity contribution is 7.12. The van der Waals surface area contributed by atoms with Crippen LogP contribution in [0.4, 0.5) is 0 Å². The van der Waals surface area contributed by atoms with E-state index in [1.165, 1.54) is 4.88 Å². The van der Waals surface area contributed by atoms with E-state index < -0.39 is 0 Å². The maximum absolute atomic E-state index is 5.68. The Bertz CT molecular complexity index is 595. The van der Waals surface area contributed by atoms with Crippen molar-refractivity contribution < 1.29 is 9.47 Å². The highest BCUT2D eigenvalue weighted by atomic mass is 32.1. The topological polar surface area (TPSA) is 57.4 Å². The number of fused-ring (bicyclic) bond motifs is 1. The molecule has 0 atom stereocenters. The van der Waals surface area contributed by atoms with Gasteiger partial charge in [0.1, 0.15) is 0 Å². The van der Waals surface area contributed by atoms with Crippen LogP contribution in [0, 0.1) is 0 Å². The van der Waals surface area contributed by atoms with Crippen LogP contribution in [0.15, 0.2) is 18.2 Å². The summed E-state index contributed by atoms with van der Waals surface area (Å²) < 4.78 is 10.8. The first kappa shape index (κ1) is 12.4. The van der Waals surface area contributed by atoms with Crippen molar-refractivity contribution in [3.8, 4) is 22.8 Å². The third kappa shape index (κ3) is 2.31. The van der Waals surface area contributed by atoms with Crippen molar-refractivity contribution in [1.29, 1.82) is 0 Å². The van der Waals surface area contributed by atoms with E-state index >= 15 is 0 Å². The molecule has 2 aromatic rings. The Morgan fingerprint density at radius 2 is 2.16 bits per heavy atom. The summed E-state index contributed by atoms with van der Waals surface area (Å²) >= 11 is 1.75. The third-order valence-corrected chi connectivity index (χ3v) is 4.32. The zero-order chi connectivity index (χ0) is 13.2. The fourth-order valence-electron chi connectivity index (χ4n) is 2.12. The number of aromatic nitrogens is 1. The Balaban J connectivity index is 2.03. The van der Waals surface area contributed by atoms with Gasteiger partial charge in [0.05, 0.1) is 10.7 Å². The van der Waals surface area contributed by atoms with Crippen LogP contribution in [-0.4, -0.2) is 18.3 Å². The van der Waals surface area contributed by atoms with Crippen LogP contribution in [0.3, 0.4) is 0 Å². The SMILES string of the molecule is CCc1nc(-c2ccc3c(c2)OCO3)c(CCN)s1. The van der Waals surface area contributed by atoms with Gasteiger partial charge in [0.15, 0.2) is 11.5 Å². The van der Waals surface area contributed by atoms with Gasteiger partial charge >= 0.3 is 0 Å². The highest BCUT2D eigenvalue weighted by Gasteiger charge is 2.17. The minimum absolute atomic E-state index is 0.297. The summed E-state index contributed by atoms with van der Waals surface area (Å²) in [7, 11) is 0. The predicted molar refractivity (Wildman–Crippen MR) is 75.8 cm³/mol. The standard InChI is InChI=1S/C14H16N2O2S/c1-2-13-16-14(12(19-13)5-6-15)9-3-4-10-11(7-9)18-8-17-10/h3-4,7H,2,5-6,8,15H2,1H3. The first-order valence-electron chi connectivity index (χ1n) is 6.40. The number of benzene rings is 1. The van der Waals surface area contributed by atoms with Crippen LogP contribution in [0.25, 0.3) is 11.3 Å². The lowest BCUT2D eigenvalue weighted by Gasteiger charge is -2.03. The molecule has 0 fully saturated rings. The summed E-state index contributed by atoms with van der Waals surface area (Å²) in [6, 6.07) is 5.97. The molecule has 2 heterocycles. The second-order valence-corrected chi connectivity index (χ2v) is 5.51. The van der Waals surface area contributed by atoms with Crippen LogP contribution in [0.5, 0.6) is 11.5 Å². The fraction of sp³-hybridized carbons (Fsp3) is 0.357. The van der Waals surface area contributed by atoms with Crippen molar-refractivity contribution in [1.82, 2.24) is 4.98 Å². The summed E-state index contributed by atoms with van der Waals surface area (Å²) in [4.78, 5) is 5.96. The molecule has 100 valence electrons. The number of aryl methyl sites for hydroxylation is 1. The van der Waals surface area contributed by atoms with E-state index in [9.17, 15) is 0 Å². The highest BCUT2D eigenvalue weighted by Crippen LogP contribution is 2.37. The van der Waals surface area contributed by atoms with E-state index in [2.05, 4.69) is 6.92 Å². The van der Waals surface area contributed by atoms with Gasteiger partial charge in [0, 0.05) is 10.4 Å². The van der Waals surface area contributed by atoms with Gasteiger partial charge in [-0.25, -0.2) is 4.98 Å². The maximum Gasteiger partial charge on any atom is 0.231 e. The van der Waals surface area contributed by atoms with E-state index in [1.54, 1.807) is 11.3 Å². The molecule has 0 spiro atoms. The minimum Gasteiger partial charge on any atom is -0.454 e. The predicted octanol–water partition coefficient (Wildman–Crippen LogP) is 2.60. The van der Waals surface area contributed by atoms with Gasteiger partial charge < -0.3 is 15.2 Å². The fourth-order valence-corrected chi connectivity index (χ4v) is 3.17. The van der Waals surface area contributed by atoms with E-state index in [4.69, 9.17) is 20.2 Å². The first-order valence-corrected chi connectivity index (χ1v) is 7.22. The van der Waals surface area contributed by atoms with Crippen LogP contribution >= 0.6 is 11.3 Å². The largest absolute Gasteiger partial charge is 0.454 e. The second-order valence-electron chi connectivity index (χ2n) is 4.34. The van der Waals surface area contributed by atoms with Gasteiger partial charge in [0.25, 0.3) is 0 Å². The summed E-state index contributed by atoms with van der Waals surface area (Å²) in [5.74, 6) is 1.59. The molecule has 2 N–H and O–H groups in total. The molecule has 3 rings (SSSR count). The summed E-state index contributed by atoms with van der Waals surface area (Å²) in [5, 5.41) is 1.15. The maximum atomic E-state index is 5.68. The van der Waals surface area contributed by atoms with Gasteiger partial charge in [-0.2, -0.15) is 0 Å². The molecule has 5 heteroatoms. The number of nitrogens with two attached hydrogens (primary N) is 1. The molecule has 0 unspecified atom stereocenters. The van der Waals surface area contributed by atoms with E-state index in [0.29, 0.717) is 13.3 Å². The van der Waals surface area contributed by atoms with Crippen LogP contribution in [0.1, 0.15) is 16.8 Å². The van der Waals surface area contributed by atoms with Crippen LogP contribution < -0.4 is 15.2 Å². The molecule has 1 aromatic heterocycles. The molecule has 1 aliphatic rings. The molecule has 0 aliphatic carbocycles. The number of nitrogens with zero attached hydrogens (tertiary/aromatic N) is 1. The Morgan fingerprint density at radius 3 is 2.95 bits per heavy atom. The monoisotopic (exact) mass is 276 g/mol. The zero-order valence-corrected chi connectivity index (χ0v) is 11.6. The Labute approximate surface area is 116 Å². The number of thiazole rings is 1. The van der Waals surface area contributed by atoms with E-state index in [0.717, 1.165) is 40.6 Å². The summed E-state index contributed by atoms with van der Waals surface area (Å²) in [6.07, 6.45) is 1.81. The molecule has 4 nitrogen and oxygen atoms in total. The van der Waals surface area contributed by atoms with Crippen molar-refractivity contribution in [2.75, 3.05) is 13.3 Å². The van der Waals surface area contributed by atoms with Crippen LogP contribution in [0.2, 0.25) is 0 Å². The lowest BCUT2D eigenvalue weighted by molar-refractivity contribution is 0.174. The Hall–Kier alpha value is -1.59. The minimum atomic E-state index is 0.297. The lowest BCUT2D eigenvalue weighted by Crippen LogP contribution is -2.02. The second kappa shape index (κ2) is 5.19. The van der Waals surface area contributed by atoms with Gasteiger partial charge in [-0.1, -0.05) is 6.92 Å². The number of hydrogen-bond acceptors (Lipinski definition) is 5. The Kier molecular flexibility index (Phi) is 3.40. The summed E-state index contributed by atoms with van der Waals surface area (Å²) in [5.41, 5.74) is 7.79. The summed E-state index contributed by atoms with van der Waals surface area (Å²) in [6.45, 7) is 3.06. The Morgan fingerprint density at radius 1 is 1.32 bits per heavy atom. The van der Waals surface area contributed by atoms with Crippen LogP contribution in [-0.2, 0) is 12.8 Å². The quantitative estimate of drug-likeness (QED) is 0.932. The van der Waals surface area contributed by atoms with Gasteiger partial charge in [-0.15, -0.1) is 11.3 Å². The van der Waals surface area contributed by atoms with Crippen molar-refractivity contribution in [2.45, 2.75) is 19.8 Å². The molecule has 19 heavy (non-hydrogen) atoms. The molecular formula is C14H16N2O2S. The average molecular weight is 276 g/mol. The van der Waals surface area contributed by atoms with Crippen molar-refractivity contribution in [3.05, 3.63) is 28.1 Å². The number of ether oxygens (including phenoxy) is 2. The first-order chi connectivity index (χ1) is 9.31. The molecule has 1 aromatic carbocycles. The zero-order valence-electron chi connectivity index (χ0n) is 10.8. The third-order valence-electron chi connectivity index (χ3n) is 3.06. The van der Waals surface area contributed by atoms with Crippen molar-refractivity contribution >= 4 is 11.3 Å². The molecule has 0 radical (unpaired) electrons. The average Bonchev–Trinajstić information content (AvgIpc) is 3.04. The van der Waals surface area contributed by atoms with E-state index in [1.807, 2.05) is 18.2 Å². The molecule has 1 aliphatic heterocycles.